The van der Waals surface area contributed by atoms with Crippen LogP contribution in [-0.2, 0) is 4.79 Å². The second kappa shape index (κ2) is 8.61. The number of pyridine rings is 1. The molecule has 3 aromatic rings. The van der Waals surface area contributed by atoms with Crippen LogP contribution in [0.3, 0.4) is 0 Å². The van der Waals surface area contributed by atoms with Gasteiger partial charge in [0.15, 0.2) is 5.82 Å². The zero-order chi connectivity index (χ0) is 21.1. The first-order valence-electron chi connectivity index (χ1n) is 10.4. The van der Waals surface area contributed by atoms with E-state index >= 15 is 0 Å². The average Bonchev–Trinajstić information content (AvgIpc) is 2.77. The van der Waals surface area contributed by atoms with Crippen molar-refractivity contribution in [3.05, 3.63) is 65.5 Å². The van der Waals surface area contributed by atoms with Gasteiger partial charge in [-0.3, -0.25) is 9.78 Å². The van der Waals surface area contributed by atoms with E-state index in [9.17, 15) is 4.79 Å². The molecule has 1 aliphatic heterocycles. The van der Waals surface area contributed by atoms with Crippen LogP contribution < -0.4 is 10.2 Å². The molecule has 0 saturated carbocycles. The van der Waals surface area contributed by atoms with Gasteiger partial charge >= 0.3 is 0 Å². The van der Waals surface area contributed by atoms with Crippen LogP contribution in [0.2, 0.25) is 0 Å². The number of amides is 1. The first-order valence-corrected chi connectivity index (χ1v) is 10.4. The van der Waals surface area contributed by atoms with E-state index < -0.39 is 0 Å². The Bertz CT molecular complexity index is 1010. The molecule has 1 saturated heterocycles. The number of piperidine rings is 1. The van der Waals surface area contributed by atoms with Crippen molar-refractivity contribution in [2.75, 3.05) is 23.3 Å². The van der Waals surface area contributed by atoms with Crippen LogP contribution >= 0.6 is 0 Å². The molecular weight excluding hydrogens is 374 g/mol. The van der Waals surface area contributed by atoms with Crippen LogP contribution in [-0.4, -0.2) is 34.2 Å². The van der Waals surface area contributed by atoms with Crippen LogP contribution in [0.1, 0.15) is 29.5 Å². The number of carbonyl (C=O) groups is 1. The van der Waals surface area contributed by atoms with Crippen molar-refractivity contribution in [2.24, 2.45) is 5.92 Å². The SMILES string of the molecule is Cc1cc(C)c(NC(=O)C2CCCN(c3ccc(-c4ccncc4)nn3)C2)c(C)c1. The lowest BCUT2D eigenvalue weighted by atomic mass is 9.96. The average molecular weight is 402 g/mol. The predicted molar refractivity (Wildman–Crippen MR) is 119 cm³/mol. The summed E-state index contributed by atoms with van der Waals surface area (Å²) in [7, 11) is 0. The van der Waals surface area contributed by atoms with E-state index in [0.29, 0.717) is 6.54 Å². The number of benzene rings is 1. The molecule has 0 aliphatic carbocycles. The van der Waals surface area contributed by atoms with Gasteiger partial charge in [-0.15, -0.1) is 10.2 Å². The van der Waals surface area contributed by atoms with Crippen molar-refractivity contribution in [3.8, 4) is 11.3 Å². The minimum absolute atomic E-state index is 0.0690. The van der Waals surface area contributed by atoms with Crippen molar-refractivity contribution in [2.45, 2.75) is 33.6 Å². The van der Waals surface area contributed by atoms with Crippen LogP contribution in [0.15, 0.2) is 48.8 Å². The molecule has 0 bridgehead atoms. The van der Waals surface area contributed by atoms with Crippen LogP contribution in [0.25, 0.3) is 11.3 Å². The molecule has 1 N–H and O–H groups in total. The summed E-state index contributed by atoms with van der Waals surface area (Å²) in [5.74, 6) is 0.824. The zero-order valence-corrected chi connectivity index (χ0v) is 17.7. The molecule has 0 radical (unpaired) electrons. The van der Waals surface area contributed by atoms with Crippen molar-refractivity contribution in [3.63, 3.8) is 0 Å². The Balaban J connectivity index is 1.45. The van der Waals surface area contributed by atoms with Crippen molar-refractivity contribution >= 4 is 17.4 Å². The minimum atomic E-state index is -0.0690. The number of aryl methyl sites for hydroxylation is 3. The molecule has 1 amide bonds. The third-order valence-corrected chi connectivity index (χ3v) is 5.67. The lowest BCUT2D eigenvalue weighted by Crippen LogP contribution is -2.41. The number of nitrogens with one attached hydrogen (secondary N) is 1. The van der Waals surface area contributed by atoms with E-state index in [4.69, 9.17) is 0 Å². The van der Waals surface area contributed by atoms with Crippen LogP contribution in [0.5, 0.6) is 0 Å². The Morgan fingerprint density at radius 1 is 1.03 bits per heavy atom. The quantitative estimate of drug-likeness (QED) is 0.705. The summed E-state index contributed by atoms with van der Waals surface area (Å²) in [5, 5.41) is 12.0. The molecule has 3 heterocycles. The third-order valence-electron chi connectivity index (χ3n) is 5.67. The van der Waals surface area contributed by atoms with Gasteiger partial charge in [-0.25, -0.2) is 0 Å². The van der Waals surface area contributed by atoms with E-state index in [0.717, 1.165) is 53.3 Å². The first-order chi connectivity index (χ1) is 14.5. The highest BCUT2D eigenvalue weighted by atomic mass is 16.1. The summed E-state index contributed by atoms with van der Waals surface area (Å²) < 4.78 is 0. The Morgan fingerprint density at radius 3 is 2.43 bits per heavy atom. The fourth-order valence-corrected chi connectivity index (χ4v) is 4.17. The highest BCUT2D eigenvalue weighted by molar-refractivity contribution is 5.94. The second-order valence-electron chi connectivity index (χ2n) is 8.06. The Morgan fingerprint density at radius 2 is 1.77 bits per heavy atom. The van der Waals surface area contributed by atoms with Gasteiger partial charge in [-0.1, -0.05) is 17.7 Å². The van der Waals surface area contributed by atoms with Gasteiger partial charge in [0.05, 0.1) is 11.6 Å². The number of anilines is 2. The summed E-state index contributed by atoms with van der Waals surface area (Å²) in [6.45, 7) is 7.70. The van der Waals surface area contributed by atoms with Gasteiger partial charge in [-0.05, 0) is 69.0 Å². The molecule has 6 nitrogen and oxygen atoms in total. The summed E-state index contributed by atoms with van der Waals surface area (Å²) in [6.07, 6.45) is 5.33. The number of nitrogens with zero attached hydrogens (tertiary/aromatic N) is 4. The van der Waals surface area contributed by atoms with E-state index in [1.54, 1.807) is 12.4 Å². The highest BCUT2D eigenvalue weighted by Gasteiger charge is 2.27. The lowest BCUT2D eigenvalue weighted by Gasteiger charge is -2.32. The maximum atomic E-state index is 13.0. The molecule has 6 heteroatoms. The third kappa shape index (κ3) is 4.32. The summed E-state index contributed by atoms with van der Waals surface area (Å²) in [5.41, 5.74) is 6.16. The standard InChI is InChI=1S/C24H27N5O/c1-16-13-17(2)23(18(3)14-16)26-24(30)20-5-4-12-29(15-20)22-7-6-21(27-28-22)19-8-10-25-11-9-19/h6-11,13-14,20H,4-5,12,15H2,1-3H3,(H,26,30). The van der Waals surface area contributed by atoms with Crippen LogP contribution in [0, 0.1) is 26.7 Å². The number of hydrogen-bond acceptors (Lipinski definition) is 5. The van der Waals surface area contributed by atoms with Crippen LogP contribution in [0.4, 0.5) is 11.5 Å². The molecule has 0 spiro atoms. The maximum absolute atomic E-state index is 13.0. The van der Waals surface area contributed by atoms with E-state index in [-0.39, 0.29) is 11.8 Å². The fourth-order valence-electron chi connectivity index (χ4n) is 4.17. The fraction of sp³-hybridized carbons (Fsp3) is 0.333. The molecule has 1 atom stereocenters. The molecule has 1 aromatic carbocycles. The van der Waals surface area contributed by atoms with Gasteiger partial charge in [0.1, 0.15) is 0 Å². The number of hydrogen-bond donors (Lipinski definition) is 1. The van der Waals surface area contributed by atoms with E-state index in [1.807, 2.05) is 38.1 Å². The van der Waals surface area contributed by atoms with Crippen molar-refractivity contribution in [1.29, 1.82) is 0 Å². The summed E-state index contributed by atoms with van der Waals surface area (Å²) in [4.78, 5) is 19.2. The first kappa shape index (κ1) is 20.0. The molecule has 4 rings (SSSR count). The molecule has 2 aromatic heterocycles. The number of rotatable bonds is 4. The largest absolute Gasteiger partial charge is 0.354 e. The highest BCUT2D eigenvalue weighted by Crippen LogP contribution is 2.26. The molecule has 1 aliphatic rings. The normalized spacial score (nSPS) is 16.4. The van der Waals surface area contributed by atoms with Gasteiger partial charge in [-0.2, -0.15) is 0 Å². The van der Waals surface area contributed by atoms with Gasteiger partial charge in [0, 0.05) is 36.7 Å². The van der Waals surface area contributed by atoms with E-state index in [1.165, 1.54) is 5.56 Å². The van der Waals surface area contributed by atoms with Gasteiger partial charge in [0.25, 0.3) is 0 Å². The summed E-state index contributed by atoms with van der Waals surface area (Å²) in [6, 6.07) is 12.0. The second-order valence-corrected chi connectivity index (χ2v) is 8.06. The topological polar surface area (TPSA) is 71.0 Å². The number of aromatic nitrogens is 3. The zero-order valence-electron chi connectivity index (χ0n) is 17.7. The summed E-state index contributed by atoms with van der Waals surface area (Å²) >= 11 is 0. The molecule has 1 fully saturated rings. The molecule has 154 valence electrons. The van der Waals surface area contributed by atoms with Gasteiger partial charge < -0.3 is 10.2 Å². The Hall–Kier alpha value is -3.28. The Labute approximate surface area is 177 Å². The predicted octanol–water partition coefficient (Wildman–Crippen LogP) is 4.32. The Kier molecular flexibility index (Phi) is 5.74. The molecule has 1 unspecified atom stereocenters. The maximum Gasteiger partial charge on any atom is 0.229 e. The number of carbonyl (C=O) groups excluding carboxylic acids is 1. The van der Waals surface area contributed by atoms with E-state index in [2.05, 4.69) is 44.5 Å². The molecular formula is C24H27N5O. The lowest BCUT2D eigenvalue weighted by molar-refractivity contribution is -0.120. The molecule has 30 heavy (non-hydrogen) atoms. The minimum Gasteiger partial charge on any atom is -0.354 e. The van der Waals surface area contributed by atoms with Crippen molar-refractivity contribution < 1.29 is 4.79 Å². The monoisotopic (exact) mass is 401 g/mol. The van der Waals surface area contributed by atoms with Crippen molar-refractivity contribution in [1.82, 2.24) is 15.2 Å². The smallest absolute Gasteiger partial charge is 0.229 e. The van der Waals surface area contributed by atoms with Gasteiger partial charge in [0.2, 0.25) is 5.91 Å².